The molecule has 0 unspecified atom stereocenters. The second kappa shape index (κ2) is 9.18. The molecule has 3 rings (SSSR count). The van der Waals surface area contributed by atoms with Crippen molar-refractivity contribution in [3.63, 3.8) is 0 Å². The normalized spacial score (nSPS) is 14.7. The van der Waals surface area contributed by atoms with E-state index in [9.17, 15) is 4.79 Å². The van der Waals surface area contributed by atoms with E-state index in [-0.39, 0.29) is 5.97 Å². The Morgan fingerprint density at radius 3 is 2.77 bits per heavy atom. The smallest absolute Gasteiger partial charge is 0.330 e. The van der Waals surface area contributed by atoms with Crippen molar-refractivity contribution in [2.75, 3.05) is 6.61 Å². The number of hydrogen-bond donors (Lipinski definition) is 0. The lowest BCUT2D eigenvalue weighted by Crippen LogP contribution is -2.04. The molecular formula is C22H25NO3. The van der Waals surface area contributed by atoms with Crippen LogP contribution in [0, 0.1) is 0 Å². The molecule has 1 saturated carbocycles. The van der Waals surface area contributed by atoms with Crippen LogP contribution in [0.4, 0.5) is 0 Å². The lowest BCUT2D eigenvalue weighted by atomic mass is 9.94. The number of hydrogen-bond acceptors (Lipinski definition) is 4. The molecule has 136 valence electrons. The molecule has 4 nitrogen and oxygen atoms in total. The Bertz CT molecular complexity index is 749. The van der Waals surface area contributed by atoms with Crippen LogP contribution in [0.3, 0.4) is 0 Å². The topological polar surface area (TPSA) is 48.4 Å². The first-order valence-electron chi connectivity index (χ1n) is 9.28. The van der Waals surface area contributed by atoms with Crippen LogP contribution in [0.2, 0.25) is 0 Å². The monoisotopic (exact) mass is 351 g/mol. The summed E-state index contributed by atoms with van der Waals surface area (Å²) in [5, 5.41) is 0. The molecule has 0 amide bonds. The summed E-state index contributed by atoms with van der Waals surface area (Å²) in [4.78, 5) is 16.0. The summed E-state index contributed by atoms with van der Waals surface area (Å²) >= 11 is 0. The van der Waals surface area contributed by atoms with Crippen molar-refractivity contribution in [2.45, 2.75) is 45.1 Å². The van der Waals surface area contributed by atoms with Crippen LogP contribution in [0.25, 0.3) is 6.08 Å². The fraction of sp³-hybridized carbons (Fsp3) is 0.364. The second-order valence-electron chi connectivity index (χ2n) is 6.44. The summed E-state index contributed by atoms with van der Waals surface area (Å²) in [7, 11) is 0. The number of para-hydroxylation sites is 1. The van der Waals surface area contributed by atoms with Gasteiger partial charge in [0.2, 0.25) is 0 Å². The number of ether oxygens (including phenoxy) is 2. The Hall–Kier alpha value is -2.62. The van der Waals surface area contributed by atoms with Crippen LogP contribution >= 0.6 is 0 Å². The molecule has 1 heterocycles. The molecule has 1 aromatic carbocycles. The lowest BCUT2D eigenvalue weighted by Gasteiger charge is -2.18. The molecule has 2 aromatic rings. The average Bonchev–Trinajstić information content (AvgIpc) is 3.20. The summed E-state index contributed by atoms with van der Waals surface area (Å²) in [6, 6.07) is 11.9. The van der Waals surface area contributed by atoms with E-state index >= 15 is 0 Å². The number of aromatic nitrogens is 1. The summed E-state index contributed by atoms with van der Waals surface area (Å²) in [5.41, 5.74) is 3.01. The van der Waals surface area contributed by atoms with Gasteiger partial charge in [-0.1, -0.05) is 37.1 Å². The van der Waals surface area contributed by atoms with Gasteiger partial charge in [-0.3, -0.25) is 4.98 Å². The first-order chi connectivity index (χ1) is 12.8. The minimum absolute atomic E-state index is 0.338. The van der Waals surface area contributed by atoms with Crippen molar-refractivity contribution in [3.05, 3.63) is 65.5 Å². The largest absolute Gasteiger partial charge is 0.486 e. The van der Waals surface area contributed by atoms with Gasteiger partial charge < -0.3 is 9.47 Å². The minimum atomic E-state index is -0.338. The SMILES string of the molecule is CCOC(=O)/C=C/c1cccc(C2CCCC2)c1OCc1ccccn1. The van der Waals surface area contributed by atoms with E-state index in [2.05, 4.69) is 11.1 Å². The van der Waals surface area contributed by atoms with E-state index in [1.807, 2.05) is 30.3 Å². The van der Waals surface area contributed by atoms with Gasteiger partial charge in [-0.05, 0) is 49.5 Å². The summed E-state index contributed by atoms with van der Waals surface area (Å²) < 4.78 is 11.2. The third-order valence-electron chi connectivity index (χ3n) is 4.65. The van der Waals surface area contributed by atoms with Crippen LogP contribution in [0.5, 0.6) is 5.75 Å². The lowest BCUT2D eigenvalue weighted by molar-refractivity contribution is -0.137. The highest BCUT2D eigenvalue weighted by atomic mass is 16.5. The fourth-order valence-electron chi connectivity index (χ4n) is 3.41. The number of nitrogens with zero attached hydrogens (tertiary/aromatic N) is 1. The first-order valence-corrected chi connectivity index (χ1v) is 9.28. The highest BCUT2D eigenvalue weighted by Gasteiger charge is 2.22. The van der Waals surface area contributed by atoms with Crippen LogP contribution in [0.15, 0.2) is 48.7 Å². The molecule has 1 fully saturated rings. The van der Waals surface area contributed by atoms with Gasteiger partial charge in [0.05, 0.1) is 12.3 Å². The zero-order chi connectivity index (χ0) is 18.2. The molecule has 1 aromatic heterocycles. The molecule has 4 heteroatoms. The van der Waals surface area contributed by atoms with Gasteiger partial charge in [-0.15, -0.1) is 0 Å². The Morgan fingerprint density at radius 2 is 2.04 bits per heavy atom. The predicted molar refractivity (Wildman–Crippen MR) is 102 cm³/mol. The number of rotatable bonds is 7. The minimum Gasteiger partial charge on any atom is -0.486 e. The quantitative estimate of drug-likeness (QED) is 0.526. The molecule has 0 radical (unpaired) electrons. The molecule has 0 N–H and O–H groups in total. The zero-order valence-corrected chi connectivity index (χ0v) is 15.2. The van der Waals surface area contributed by atoms with Gasteiger partial charge in [0.15, 0.2) is 0 Å². The van der Waals surface area contributed by atoms with Crippen LogP contribution < -0.4 is 4.74 Å². The van der Waals surface area contributed by atoms with Gasteiger partial charge in [0.25, 0.3) is 0 Å². The van der Waals surface area contributed by atoms with E-state index in [0.29, 0.717) is 19.1 Å². The Balaban J connectivity index is 1.87. The Labute approximate surface area is 154 Å². The van der Waals surface area contributed by atoms with Gasteiger partial charge in [0.1, 0.15) is 12.4 Å². The Kier molecular flexibility index (Phi) is 6.42. The second-order valence-corrected chi connectivity index (χ2v) is 6.44. The molecule has 0 atom stereocenters. The first kappa shape index (κ1) is 18.2. The van der Waals surface area contributed by atoms with Crippen molar-refractivity contribution >= 4 is 12.0 Å². The van der Waals surface area contributed by atoms with Crippen LogP contribution in [-0.2, 0) is 16.1 Å². The Morgan fingerprint density at radius 1 is 1.19 bits per heavy atom. The molecule has 0 spiro atoms. The van der Waals surface area contributed by atoms with E-state index in [1.54, 1.807) is 19.2 Å². The number of benzene rings is 1. The summed E-state index contributed by atoms with van der Waals surface area (Å²) in [6.45, 7) is 2.58. The van der Waals surface area contributed by atoms with E-state index in [0.717, 1.165) is 17.0 Å². The number of esters is 1. The van der Waals surface area contributed by atoms with Crippen molar-refractivity contribution in [3.8, 4) is 5.75 Å². The van der Waals surface area contributed by atoms with E-state index < -0.39 is 0 Å². The van der Waals surface area contributed by atoms with Gasteiger partial charge in [-0.2, -0.15) is 0 Å². The van der Waals surface area contributed by atoms with Gasteiger partial charge in [0, 0.05) is 17.8 Å². The van der Waals surface area contributed by atoms with Gasteiger partial charge >= 0.3 is 5.97 Å². The maximum atomic E-state index is 11.7. The highest BCUT2D eigenvalue weighted by molar-refractivity contribution is 5.87. The zero-order valence-electron chi connectivity index (χ0n) is 15.2. The molecule has 26 heavy (non-hydrogen) atoms. The van der Waals surface area contributed by atoms with Gasteiger partial charge in [-0.25, -0.2) is 4.79 Å². The standard InChI is InChI=1S/C22H25NO3/c1-2-25-21(24)14-13-18-10-7-12-20(17-8-3-4-9-17)22(18)26-16-19-11-5-6-15-23-19/h5-7,10-15,17H,2-4,8-9,16H2,1H3/b14-13+. The third-order valence-corrected chi connectivity index (χ3v) is 4.65. The van der Waals surface area contributed by atoms with Crippen LogP contribution in [-0.4, -0.2) is 17.6 Å². The molecule has 0 saturated heterocycles. The number of carbonyl (C=O) groups excluding carboxylic acids is 1. The van der Waals surface area contributed by atoms with Crippen molar-refractivity contribution in [2.24, 2.45) is 0 Å². The van der Waals surface area contributed by atoms with Crippen molar-refractivity contribution in [1.29, 1.82) is 0 Å². The molecule has 1 aliphatic carbocycles. The maximum Gasteiger partial charge on any atom is 0.330 e. The summed E-state index contributed by atoms with van der Waals surface area (Å²) in [6.07, 6.45) is 9.90. The maximum absolute atomic E-state index is 11.7. The van der Waals surface area contributed by atoms with E-state index in [1.165, 1.54) is 37.3 Å². The molecular weight excluding hydrogens is 326 g/mol. The predicted octanol–water partition coefficient (Wildman–Crippen LogP) is 4.89. The molecule has 1 aliphatic rings. The number of pyridine rings is 1. The summed E-state index contributed by atoms with van der Waals surface area (Å²) in [5.74, 6) is 1.03. The van der Waals surface area contributed by atoms with Crippen molar-refractivity contribution < 1.29 is 14.3 Å². The molecule has 0 aliphatic heterocycles. The van der Waals surface area contributed by atoms with E-state index in [4.69, 9.17) is 9.47 Å². The van der Waals surface area contributed by atoms with Crippen molar-refractivity contribution in [1.82, 2.24) is 4.98 Å². The average molecular weight is 351 g/mol. The third kappa shape index (κ3) is 4.72. The molecule has 0 bridgehead atoms. The highest BCUT2D eigenvalue weighted by Crippen LogP contribution is 2.40. The number of carbonyl (C=O) groups is 1. The van der Waals surface area contributed by atoms with Crippen LogP contribution in [0.1, 0.15) is 55.3 Å². The fourth-order valence-corrected chi connectivity index (χ4v) is 3.41.